The number of ketones is 2. The Morgan fingerprint density at radius 2 is 1.37 bits per heavy atom. The Hall–Kier alpha value is -0.920. The van der Waals surface area contributed by atoms with Gasteiger partial charge in [0.2, 0.25) is 0 Å². The van der Waals surface area contributed by atoms with Crippen LogP contribution in [0.1, 0.15) is 72.6 Å². The van der Waals surface area contributed by atoms with E-state index in [0.717, 1.165) is 32.1 Å². The van der Waals surface area contributed by atoms with Gasteiger partial charge in [0.25, 0.3) is 0 Å². The molecule has 0 aromatic rings. The van der Waals surface area contributed by atoms with Gasteiger partial charge in [-0.1, -0.05) is 53.0 Å². The highest BCUT2D eigenvalue weighted by Gasteiger charge is 2.05. The van der Waals surface area contributed by atoms with Gasteiger partial charge in [0.1, 0.15) is 5.78 Å². The van der Waals surface area contributed by atoms with Crippen LogP contribution in [0.2, 0.25) is 0 Å². The van der Waals surface area contributed by atoms with Gasteiger partial charge in [-0.25, -0.2) is 0 Å². The first-order valence-corrected chi connectivity index (χ1v) is 7.67. The number of hydrogen-bond acceptors (Lipinski definition) is 2. The minimum absolute atomic E-state index is 0.172. The minimum atomic E-state index is 0.172. The third-order valence-electron chi connectivity index (χ3n) is 3.16. The maximum absolute atomic E-state index is 11.5. The van der Waals surface area contributed by atoms with Crippen molar-refractivity contribution in [1.82, 2.24) is 0 Å². The number of Topliss-reactive ketones (excluding diaryl/α,β-unsaturated/α-hetero) is 1. The lowest BCUT2D eigenvalue weighted by Gasteiger charge is -2.03. The van der Waals surface area contributed by atoms with E-state index < -0.39 is 0 Å². The summed E-state index contributed by atoms with van der Waals surface area (Å²) in [7, 11) is 0. The van der Waals surface area contributed by atoms with E-state index in [2.05, 4.69) is 13.8 Å². The molecule has 0 aliphatic carbocycles. The number of rotatable bonds is 11. The topological polar surface area (TPSA) is 34.1 Å². The van der Waals surface area contributed by atoms with Crippen molar-refractivity contribution in [2.24, 2.45) is 11.8 Å². The first-order valence-electron chi connectivity index (χ1n) is 7.67. The molecule has 0 bridgehead atoms. The third kappa shape index (κ3) is 11.9. The summed E-state index contributed by atoms with van der Waals surface area (Å²) in [5, 5.41) is 0. The number of allylic oxidation sites excluding steroid dienone is 2. The number of carbonyl (C=O) groups is 2. The average molecular weight is 266 g/mol. The Labute approximate surface area is 118 Å². The Bertz CT molecular complexity index is 288. The van der Waals surface area contributed by atoms with Crippen molar-refractivity contribution in [3.8, 4) is 0 Å². The first-order chi connectivity index (χ1) is 8.93. The highest BCUT2D eigenvalue weighted by atomic mass is 16.1. The van der Waals surface area contributed by atoms with Gasteiger partial charge in [-0.2, -0.15) is 0 Å². The number of carbonyl (C=O) groups excluding carboxylic acids is 2. The van der Waals surface area contributed by atoms with Gasteiger partial charge in [0.15, 0.2) is 5.78 Å². The van der Waals surface area contributed by atoms with Crippen molar-refractivity contribution in [3.05, 3.63) is 12.2 Å². The van der Waals surface area contributed by atoms with Crippen LogP contribution >= 0.6 is 0 Å². The molecule has 0 aromatic heterocycles. The summed E-state index contributed by atoms with van der Waals surface area (Å²) < 4.78 is 0. The lowest BCUT2D eigenvalue weighted by atomic mass is 10.0. The van der Waals surface area contributed by atoms with Crippen LogP contribution in [0.3, 0.4) is 0 Å². The zero-order chi connectivity index (χ0) is 14.7. The predicted octanol–water partition coefficient (Wildman–Crippen LogP) is 4.72. The molecule has 0 fully saturated rings. The number of unbranched alkanes of at least 4 members (excludes halogenated alkanes) is 4. The normalized spacial score (nSPS) is 11.7. The molecule has 2 heteroatoms. The third-order valence-corrected chi connectivity index (χ3v) is 3.16. The van der Waals surface area contributed by atoms with Gasteiger partial charge in [0, 0.05) is 18.8 Å². The van der Waals surface area contributed by atoms with Crippen molar-refractivity contribution in [2.45, 2.75) is 72.6 Å². The number of hydrogen-bond donors (Lipinski definition) is 0. The Morgan fingerprint density at radius 1 is 0.842 bits per heavy atom. The fraction of sp³-hybridized carbons (Fsp3) is 0.765. The van der Waals surface area contributed by atoms with Gasteiger partial charge < -0.3 is 0 Å². The second-order valence-corrected chi connectivity index (χ2v) is 5.96. The quantitative estimate of drug-likeness (QED) is 0.400. The highest BCUT2D eigenvalue weighted by molar-refractivity contribution is 5.89. The maximum Gasteiger partial charge on any atom is 0.155 e. The van der Waals surface area contributed by atoms with Crippen LogP contribution in [0, 0.1) is 11.8 Å². The average Bonchev–Trinajstić information content (AvgIpc) is 2.34. The van der Waals surface area contributed by atoms with Crippen molar-refractivity contribution in [1.29, 1.82) is 0 Å². The minimum Gasteiger partial charge on any atom is -0.299 e. The van der Waals surface area contributed by atoms with Crippen LogP contribution in [-0.4, -0.2) is 11.6 Å². The smallest absolute Gasteiger partial charge is 0.155 e. The highest BCUT2D eigenvalue weighted by Crippen LogP contribution is 2.10. The molecule has 0 rings (SSSR count). The fourth-order valence-electron chi connectivity index (χ4n) is 1.80. The summed E-state index contributed by atoms with van der Waals surface area (Å²) >= 11 is 0. The summed E-state index contributed by atoms with van der Waals surface area (Å²) in [4.78, 5) is 22.9. The molecule has 0 spiro atoms. The molecule has 0 aliphatic heterocycles. The van der Waals surface area contributed by atoms with E-state index in [1.165, 1.54) is 0 Å². The SMILES string of the molecule is CC(C)/C=C/C(=O)CCCCCCCC(=O)C(C)C. The first kappa shape index (κ1) is 18.1. The monoisotopic (exact) mass is 266 g/mol. The molecular weight excluding hydrogens is 236 g/mol. The van der Waals surface area contributed by atoms with Gasteiger partial charge in [-0.05, 0) is 24.8 Å². The van der Waals surface area contributed by atoms with E-state index in [-0.39, 0.29) is 11.7 Å². The van der Waals surface area contributed by atoms with E-state index in [1.54, 1.807) is 6.08 Å². The van der Waals surface area contributed by atoms with Crippen molar-refractivity contribution < 1.29 is 9.59 Å². The summed E-state index contributed by atoms with van der Waals surface area (Å²) in [6, 6.07) is 0. The van der Waals surface area contributed by atoms with Crippen LogP contribution in [0.25, 0.3) is 0 Å². The molecule has 110 valence electrons. The summed E-state index contributed by atoms with van der Waals surface area (Å²) in [5.74, 6) is 1.23. The second kappa shape index (κ2) is 11.0. The molecule has 0 heterocycles. The van der Waals surface area contributed by atoms with E-state index in [0.29, 0.717) is 24.5 Å². The molecule has 0 N–H and O–H groups in total. The zero-order valence-corrected chi connectivity index (χ0v) is 13.1. The Balaban J connectivity index is 3.41. The largest absolute Gasteiger partial charge is 0.299 e. The van der Waals surface area contributed by atoms with Crippen LogP contribution in [0.4, 0.5) is 0 Å². The molecule has 0 aromatic carbocycles. The van der Waals surface area contributed by atoms with Crippen LogP contribution in [0.15, 0.2) is 12.2 Å². The van der Waals surface area contributed by atoms with E-state index in [4.69, 9.17) is 0 Å². The van der Waals surface area contributed by atoms with Crippen molar-refractivity contribution in [3.63, 3.8) is 0 Å². The molecule has 0 atom stereocenters. The summed E-state index contributed by atoms with van der Waals surface area (Å²) in [5.41, 5.74) is 0. The molecular formula is C17H30O2. The van der Waals surface area contributed by atoms with E-state index in [9.17, 15) is 9.59 Å². The van der Waals surface area contributed by atoms with Crippen LogP contribution in [0.5, 0.6) is 0 Å². The second-order valence-electron chi connectivity index (χ2n) is 5.96. The lowest BCUT2D eigenvalue weighted by Crippen LogP contribution is -2.05. The fourth-order valence-corrected chi connectivity index (χ4v) is 1.80. The molecule has 0 aliphatic rings. The summed E-state index contributed by atoms with van der Waals surface area (Å²) in [6.07, 6.45) is 10.4. The van der Waals surface area contributed by atoms with Crippen molar-refractivity contribution >= 4 is 11.6 Å². The van der Waals surface area contributed by atoms with Gasteiger partial charge in [-0.15, -0.1) is 0 Å². The van der Waals surface area contributed by atoms with E-state index >= 15 is 0 Å². The predicted molar refractivity (Wildman–Crippen MR) is 81.1 cm³/mol. The molecule has 0 unspecified atom stereocenters. The van der Waals surface area contributed by atoms with Gasteiger partial charge in [0.05, 0.1) is 0 Å². The Kier molecular flexibility index (Phi) is 10.4. The molecule has 19 heavy (non-hydrogen) atoms. The van der Waals surface area contributed by atoms with Gasteiger partial charge >= 0.3 is 0 Å². The molecule has 0 saturated carbocycles. The standard InChI is InChI=1S/C17H30O2/c1-14(2)12-13-16(18)10-8-6-5-7-9-11-17(19)15(3)4/h12-15H,5-11H2,1-4H3/b13-12+. The summed E-state index contributed by atoms with van der Waals surface area (Å²) in [6.45, 7) is 8.06. The molecule has 0 amide bonds. The molecule has 2 nitrogen and oxygen atoms in total. The van der Waals surface area contributed by atoms with Crippen molar-refractivity contribution in [2.75, 3.05) is 0 Å². The van der Waals surface area contributed by atoms with Crippen LogP contribution < -0.4 is 0 Å². The van der Waals surface area contributed by atoms with E-state index in [1.807, 2.05) is 19.9 Å². The lowest BCUT2D eigenvalue weighted by molar-refractivity contribution is -0.122. The Morgan fingerprint density at radius 3 is 1.89 bits per heavy atom. The molecule has 0 radical (unpaired) electrons. The van der Waals surface area contributed by atoms with Crippen LogP contribution in [-0.2, 0) is 9.59 Å². The van der Waals surface area contributed by atoms with Gasteiger partial charge in [-0.3, -0.25) is 9.59 Å². The maximum atomic E-state index is 11.5. The zero-order valence-electron chi connectivity index (χ0n) is 13.1. The molecule has 0 saturated heterocycles.